The van der Waals surface area contributed by atoms with Crippen molar-refractivity contribution < 1.29 is 9.59 Å². The van der Waals surface area contributed by atoms with Crippen LogP contribution in [-0.4, -0.2) is 35.9 Å². The first-order valence-electron chi connectivity index (χ1n) is 9.84. The SMILES string of the molecule is Cc1ccccc1C(=O)NC(C(=O)Nc1ccc(N2CCCC2)cn1)C(C)C. The number of pyridine rings is 1. The fraction of sp³-hybridized carbons (Fsp3) is 0.409. The number of rotatable bonds is 6. The van der Waals surface area contributed by atoms with Gasteiger partial charge >= 0.3 is 0 Å². The Hall–Kier alpha value is -2.89. The number of nitrogens with zero attached hydrogens (tertiary/aromatic N) is 2. The van der Waals surface area contributed by atoms with E-state index in [2.05, 4.69) is 20.5 Å². The third kappa shape index (κ3) is 4.68. The molecule has 0 saturated carbocycles. The summed E-state index contributed by atoms with van der Waals surface area (Å²) >= 11 is 0. The Morgan fingerprint density at radius 3 is 2.39 bits per heavy atom. The molecule has 148 valence electrons. The van der Waals surface area contributed by atoms with E-state index in [0.717, 1.165) is 24.3 Å². The number of aryl methyl sites for hydroxylation is 1. The molecule has 0 spiro atoms. The maximum absolute atomic E-state index is 12.8. The number of amides is 2. The number of hydrogen-bond donors (Lipinski definition) is 2. The fourth-order valence-corrected chi connectivity index (χ4v) is 3.41. The molecular weight excluding hydrogens is 352 g/mol. The number of hydrogen-bond acceptors (Lipinski definition) is 4. The molecule has 1 saturated heterocycles. The maximum atomic E-state index is 12.8. The Morgan fingerprint density at radius 1 is 1.07 bits per heavy atom. The summed E-state index contributed by atoms with van der Waals surface area (Å²) in [6.07, 6.45) is 4.20. The molecule has 2 N–H and O–H groups in total. The number of nitrogens with one attached hydrogen (secondary N) is 2. The molecular formula is C22H28N4O2. The van der Waals surface area contributed by atoms with Gasteiger partial charge in [0.15, 0.2) is 0 Å². The van der Waals surface area contributed by atoms with Crippen LogP contribution < -0.4 is 15.5 Å². The van der Waals surface area contributed by atoms with Gasteiger partial charge in [0.2, 0.25) is 5.91 Å². The number of aromatic nitrogens is 1. The van der Waals surface area contributed by atoms with E-state index >= 15 is 0 Å². The van der Waals surface area contributed by atoms with Crippen LogP contribution in [0, 0.1) is 12.8 Å². The number of carbonyl (C=O) groups excluding carboxylic acids is 2. The summed E-state index contributed by atoms with van der Waals surface area (Å²) < 4.78 is 0. The van der Waals surface area contributed by atoms with Gasteiger partial charge in [0.05, 0.1) is 11.9 Å². The van der Waals surface area contributed by atoms with Crippen LogP contribution in [0.1, 0.15) is 42.6 Å². The zero-order valence-electron chi connectivity index (χ0n) is 16.7. The fourth-order valence-electron chi connectivity index (χ4n) is 3.41. The van der Waals surface area contributed by atoms with Gasteiger partial charge in [0, 0.05) is 18.7 Å². The van der Waals surface area contributed by atoms with Crippen molar-refractivity contribution in [1.82, 2.24) is 10.3 Å². The Balaban J connectivity index is 1.66. The van der Waals surface area contributed by atoms with E-state index in [1.807, 2.05) is 51.1 Å². The molecule has 1 unspecified atom stereocenters. The smallest absolute Gasteiger partial charge is 0.252 e. The zero-order valence-corrected chi connectivity index (χ0v) is 16.7. The second-order valence-electron chi connectivity index (χ2n) is 7.60. The molecule has 1 aromatic heterocycles. The van der Waals surface area contributed by atoms with Crippen LogP contribution in [0.5, 0.6) is 0 Å². The van der Waals surface area contributed by atoms with Gasteiger partial charge in [-0.15, -0.1) is 0 Å². The second-order valence-corrected chi connectivity index (χ2v) is 7.60. The molecule has 6 nitrogen and oxygen atoms in total. The minimum Gasteiger partial charge on any atom is -0.370 e. The molecule has 0 bridgehead atoms. The third-order valence-corrected chi connectivity index (χ3v) is 5.10. The van der Waals surface area contributed by atoms with Gasteiger partial charge in [-0.25, -0.2) is 4.98 Å². The van der Waals surface area contributed by atoms with Crippen LogP contribution >= 0.6 is 0 Å². The monoisotopic (exact) mass is 380 g/mol. The topological polar surface area (TPSA) is 74.3 Å². The molecule has 0 aliphatic carbocycles. The molecule has 1 aromatic carbocycles. The molecule has 6 heteroatoms. The van der Waals surface area contributed by atoms with Crippen molar-refractivity contribution in [3.05, 3.63) is 53.7 Å². The molecule has 0 radical (unpaired) electrons. The Bertz CT molecular complexity index is 827. The van der Waals surface area contributed by atoms with Crippen molar-refractivity contribution in [1.29, 1.82) is 0 Å². The summed E-state index contributed by atoms with van der Waals surface area (Å²) in [6.45, 7) is 7.80. The number of anilines is 2. The highest BCUT2D eigenvalue weighted by atomic mass is 16.2. The van der Waals surface area contributed by atoms with Crippen LogP contribution in [-0.2, 0) is 4.79 Å². The van der Waals surface area contributed by atoms with Crippen molar-refractivity contribution in [2.24, 2.45) is 5.92 Å². The van der Waals surface area contributed by atoms with E-state index in [4.69, 9.17) is 0 Å². The summed E-state index contributed by atoms with van der Waals surface area (Å²) in [7, 11) is 0. The van der Waals surface area contributed by atoms with Crippen LogP contribution in [0.2, 0.25) is 0 Å². The Labute approximate surface area is 166 Å². The first-order chi connectivity index (χ1) is 13.5. The van der Waals surface area contributed by atoms with Crippen LogP contribution in [0.15, 0.2) is 42.6 Å². The number of carbonyl (C=O) groups is 2. The molecule has 1 fully saturated rings. The third-order valence-electron chi connectivity index (χ3n) is 5.10. The molecule has 1 atom stereocenters. The van der Waals surface area contributed by atoms with Gasteiger partial charge in [0.1, 0.15) is 11.9 Å². The molecule has 1 aliphatic heterocycles. The summed E-state index contributed by atoms with van der Waals surface area (Å²) in [4.78, 5) is 32.0. The van der Waals surface area contributed by atoms with Gasteiger partial charge in [-0.3, -0.25) is 9.59 Å². The minimum atomic E-state index is -0.646. The Morgan fingerprint density at radius 2 is 1.79 bits per heavy atom. The van der Waals surface area contributed by atoms with Crippen LogP contribution in [0.3, 0.4) is 0 Å². The highest BCUT2D eigenvalue weighted by Crippen LogP contribution is 2.20. The van der Waals surface area contributed by atoms with Crippen molar-refractivity contribution in [2.45, 2.75) is 39.7 Å². The van der Waals surface area contributed by atoms with Gasteiger partial charge in [-0.05, 0) is 49.4 Å². The van der Waals surface area contributed by atoms with E-state index in [1.165, 1.54) is 12.8 Å². The second kappa shape index (κ2) is 8.87. The highest BCUT2D eigenvalue weighted by Gasteiger charge is 2.25. The normalized spacial score (nSPS) is 14.8. The lowest BCUT2D eigenvalue weighted by Crippen LogP contribution is -2.47. The van der Waals surface area contributed by atoms with E-state index in [0.29, 0.717) is 11.4 Å². The van der Waals surface area contributed by atoms with Gasteiger partial charge in [-0.2, -0.15) is 0 Å². The van der Waals surface area contributed by atoms with E-state index < -0.39 is 6.04 Å². The summed E-state index contributed by atoms with van der Waals surface area (Å²) in [5.74, 6) is -0.0803. The first kappa shape index (κ1) is 19.9. The highest BCUT2D eigenvalue weighted by molar-refractivity contribution is 6.01. The van der Waals surface area contributed by atoms with E-state index in [-0.39, 0.29) is 17.7 Å². The predicted octanol–water partition coefficient (Wildman–Crippen LogP) is 3.38. The lowest BCUT2D eigenvalue weighted by atomic mass is 10.0. The number of benzene rings is 1. The summed E-state index contributed by atoms with van der Waals surface area (Å²) in [5, 5.41) is 5.69. The minimum absolute atomic E-state index is 0.0585. The predicted molar refractivity (Wildman–Crippen MR) is 112 cm³/mol. The van der Waals surface area contributed by atoms with Crippen LogP contribution in [0.25, 0.3) is 0 Å². The molecule has 1 aliphatic rings. The molecule has 2 aromatic rings. The molecule has 3 rings (SSSR count). The zero-order chi connectivity index (χ0) is 20.1. The van der Waals surface area contributed by atoms with Crippen LogP contribution in [0.4, 0.5) is 11.5 Å². The van der Waals surface area contributed by atoms with E-state index in [9.17, 15) is 9.59 Å². The summed E-state index contributed by atoms with van der Waals surface area (Å²) in [5.41, 5.74) is 2.53. The summed E-state index contributed by atoms with van der Waals surface area (Å²) in [6, 6.07) is 10.5. The van der Waals surface area contributed by atoms with Crippen molar-refractivity contribution >= 4 is 23.3 Å². The van der Waals surface area contributed by atoms with Gasteiger partial charge in [0.25, 0.3) is 5.91 Å². The Kier molecular flexibility index (Phi) is 6.29. The van der Waals surface area contributed by atoms with Crippen molar-refractivity contribution in [3.63, 3.8) is 0 Å². The lowest BCUT2D eigenvalue weighted by molar-refractivity contribution is -0.118. The molecule has 28 heavy (non-hydrogen) atoms. The quantitative estimate of drug-likeness (QED) is 0.806. The lowest BCUT2D eigenvalue weighted by Gasteiger charge is -2.22. The van der Waals surface area contributed by atoms with Crippen molar-refractivity contribution in [3.8, 4) is 0 Å². The first-order valence-corrected chi connectivity index (χ1v) is 9.84. The van der Waals surface area contributed by atoms with Gasteiger partial charge < -0.3 is 15.5 Å². The molecule has 2 amide bonds. The standard InChI is InChI=1S/C22H28N4O2/c1-15(2)20(25-21(27)18-9-5-4-8-16(18)3)22(28)24-19-11-10-17(14-23-19)26-12-6-7-13-26/h4-5,8-11,14-15,20H,6-7,12-13H2,1-3H3,(H,25,27)(H,23,24,28). The average molecular weight is 380 g/mol. The van der Waals surface area contributed by atoms with E-state index in [1.54, 1.807) is 12.3 Å². The molecule has 2 heterocycles. The largest absolute Gasteiger partial charge is 0.370 e. The van der Waals surface area contributed by atoms with Gasteiger partial charge in [-0.1, -0.05) is 32.0 Å². The van der Waals surface area contributed by atoms with Crippen molar-refractivity contribution in [2.75, 3.05) is 23.3 Å². The maximum Gasteiger partial charge on any atom is 0.252 e. The average Bonchev–Trinajstić information content (AvgIpc) is 3.21.